The number of carbonyl (C=O) groups is 3. The summed E-state index contributed by atoms with van der Waals surface area (Å²) in [6.07, 6.45) is 0.786. The smallest absolute Gasteiger partial charge is 0.407 e. The average Bonchev–Trinajstić information content (AvgIpc) is 3.15. The van der Waals surface area contributed by atoms with Crippen LogP contribution in [0, 0.1) is 11.8 Å². The van der Waals surface area contributed by atoms with Gasteiger partial charge < -0.3 is 20.1 Å². The van der Waals surface area contributed by atoms with E-state index >= 15 is 0 Å². The highest BCUT2D eigenvalue weighted by molar-refractivity contribution is 5.85. The van der Waals surface area contributed by atoms with Crippen LogP contribution in [0.15, 0.2) is 48.5 Å². The fraction of sp³-hybridized carbons (Fsp3) is 0.464. The first-order valence-corrected chi connectivity index (χ1v) is 12.4. The maximum atomic E-state index is 13.1. The maximum absolute atomic E-state index is 13.1. The molecule has 1 aliphatic carbocycles. The molecule has 0 spiro atoms. The highest BCUT2D eigenvalue weighted by Crippen LogP contribution is 2.44. The van der Waals surface area contributed by atoms with Gasteiger partial charge in [-0.15, -0.1) is 0 Å². The fourth-order valence-electron chi connectivity index (χ4n) is 5.66. The van der Waals surface area contributed by atoms with Crippen LogP contribution >= 0.6 is 0 Å². The lowest BCUT2D eigenvalue weighted by Crippen LogP contribution is -2.55. The van der Waals surface area contributed by atoms with Crippen molar-refractivity contribution in [2.24, 2.45) is 11.8 Å². The minimum Gasteiger partial charge on any atom is -0.480 e. The van der Waals surface area contributed by atoms with Crippen LogP contribution in [0.4, 0.5) is 4.79 Å². The first kappa shape index (κ1) is 24.8. The van der Waals surface area contributed by atoms with Crippen LogP contribution in [0.5, 0.6) is 0 Å². The first-order valence-electron chi connectivity index (χ1n) is 12.4. The van der Waals surface area contributed by atoms with Crippen LogP contribution < -0.4 is 5.32 Å². The lowest BCUT2D eigenvalue weighted by Gasteiger charge is -2.41. The van der Waals surface area contributed by atoms with E-state index in [1.807, 2.05) is 45.0 Å². The summed E-state index contributed by atoms with van der Waals surface area (Å²) >= 11 is 0. The van der Waals surface area contributed by atoms with Gasteiger partial charge in [-0.3, -0.25) is 4.79 Å². The molecule has 1 heterocycles. The Morgan fingerprint density at radius 1 is 1.06 bits per heavy atom. The van der Waals surface area contributed by atoms with Crippen molar-refractivity contribution in [1.29, 1.82) is 0 Å². The maximum Gasteiger partial charge on any atom is 0.407 e. The summed E-state index contributed by atoms with van der Waals surface area (Å²) in [6, 6.07) is 15.0. The molecular formula is C28H34N2O5. The highest BCUT2D eigenvalue weighted by atomic mass is 16.5. The monoisotopic (exact) mass is 478 g/mol. The van der Waals surface area contributed by atoms with Crippen molar-refractivity contribution in [3.05, 3.63) is 59.7 Å². The molecule has 7 nitrogen and oxygen atoms in total. The topological polar surface area (TPSA) is 95.9 Å². The molecule has 2 aromatic rings. The van der Waals surface area contributed by atoms with Crippen LogP contribution in [0.2, 0.25) is 0 Å². The zero-order chi connectivity index (χ0) is 25.1. The summed E-state index contributed by atoms with van der Waals surface area (Å²) in [5.41, 5.74) is 4.59. The van der Waals surface area contributed by atoms with Gasteiger partial charge in [0.25, 0.3) is 0 Å². The molecule has 186 valence electrons. The molecule has 35 heavy (non-hydrogen) atoms. The van der Waals surface area contributed by atoms with Gasteiger partial charge >= 0.3 is 12.1 Å². The number of amides is 2. The van der Waals surface area contributed by atoms with Gasteiger partial charge in [0.05, 0.1) is 0 Å². The molecule has 2 aliphatic rings. The average molecular weight is 479 g/mol. The molecule has 4 atom stereocenters. The Labute approximate surface area is 206 Å². The fourth-order valence-corrected chi connectivity index (χ4v) is 5.66. The van der Waals surface area contributed by atoms with Gasteiger partial charge in [0.2, 0.25) is 5.91 Å². The lowest BCUT2D eigenvalue weighted by atomic mass is 9.84. The number of hydrogen-bond acceptors (Lipinski definition) is 4. The van der Waals surface area contributed by atoms with Gasteiger partial charge in [-0.05, 0) is 46.9 Å². The molecule has 1 fully saturated rings. The molecule has 1 aliphatic heterocycles. The highest BCUT2D eigenvalue weighted by Gasteiger charge is 2.40. The summed E-state index contributed by atoms with van der Waals surface area (Å²) in [5, 5.41) is 12.5. The van der Waals surface area contributed by atoms with Gasteiger partial charge in [0, 0.05) is 24.9 Å². The van der Waals surface area contributed by atoms with Gasteiger partial charge in [0.15, 0.2) is 0 Å². The molecular weight excluding hydrogens is 444 g/mol. The number of benzene rings is 2. The van der Waals surface area contributed by atoms with E-state index in [4.69, 9.17) is 4.74 Å². The number of likely N-dealkylation sites (tertiary alicyclic amines) is 1. The Kier molecular flexibility index (Phi) is 7.43. The Balaban J connectivity index is 1.37. The normalized spacial score (nSPS) is 22.1. The Bertz CT molecular complexity index is 1050. The molecule has 4 unspecified atom stereocenters. The number of fused-ring (bicyclic) bond motifs is 3. The summed E-state index contributed by atoms with van der Waals surface area (Å²) in [4.78, 5) is 39.0. The first-order chi connectivity index (χ1) is 16.8. The standard InChI is InChI=1S/C28H34N2O5/c1-4-19(14-25(31)30-15-17(2)13-18(3)26(30)27(32)33)29-28(34)35-16-24-22-11-7-5-9-20(22)21-10-6-8-12-23(21)24/h5-12,17-19,24,26H,4,13-16H2,1-3H3,(H,29,34)(H,32,33). The Morgan fingerprint density at radius 3 is 2.23 bits per heavy atom. The summed E-state index contributed by atoms with van der Waals surface area (Å²) in [6.45, 7) is 6.41. The van der Waals surface area contributed by atoms with Crippen molar-refractivity contribution in [1.82, 2.24) is 10.2 Å². The van der Waals surface area contributed by atoms with Crippen molar-refractivity contribution in [3.8, 4) is 11.1 Å². The van der Waals surface area contributed by atoms with E-state index in [1.54, 1.807) is 0 Å². The third kappa shape index (κ3) is 5.19. The van der Waals surface area contributed by atoms with Crippen molar-refractivity contribution in [2.45, 2.75) is 58.0 Å². The van der Waals surface area contributed by atoms with Crippen molar-refractivity contribution >= 4 is 18.0 Å². The van der Waals surface area contributed by atoms with E-state index in [2.05, 4.69) is 29.6 Å². The number of ether oxygens (including phenoxy) is 1. The van der Waals surface area contributed by atoms with Crippen LogP contribution in [-0.4, -0.2) is 53.2 Å². The van der Waals surface area contributed by atoms with Gasteiger partial charge in [-0.25, -0.2) is 9.59 Å². The van der Waals surface area contributed by atoms with Crippen LogP contribution in [0.1, 0.15) is 57.1 Å². The molecule has 2 amide bonds. The predicted octanol–water partition coefficient (Wildman–Crippen LogP) is 4.65. The van der Waals surface area contributed by atoms with E-state index in [0.29, 0.717) is 13.0 Å². The molecule has 2 aromatic carbocycles. The molecule has 2 N–H and O–H groups in total. The number of carbonyl (C=O) groups excluding carboxylic acids is 2. The number of alkyl carbamates (subject to hydrolysis) is 1. The number of nitrogens with one attached hydrogen (secondary N) is 1. The number of piperidine rings is 1. The SMILES string of the molecule is CCC(CC(=O)N1CC(C)CC(C)C1C(=O)O)NC(=O)OCC1c2ccccc2-c2ccccc21. The van der Waals surface area contributed by atoms with E-state index in [1.165, 1.54) is 4.90 Å². The van der Waals surface area contributed by atoms with E-state index in [0.717, 1.165) is 28.7 Å². The summed E-state index contributed by atoms with van der Waals surface area (Å²) in [5.74, 6) is -1.14. The minimum atomic E-state index is -0.977. The van der Waals surface area contributed by atoms with E-state index < -0.39 is 24.1 Å². The largest absolute Gasteiger partial charge is 0.480 e. The summed E-state index contributed by atoms with van der Waals surface area (Å²) < 4.78 is 5.62. The van der Waals surface area contributed by atoms with Crippen molar-refractivity contribution in [2.75, 3.05) is 13.2 Å². The quantitative estimate of drug-likeness (QED) is 0.604. The van der Waals surface area contributed by atoms with Crippen molar-refractivity contribution < 1.29 is 24.2 Å². The zero-order valence-electron chi connectivity index (χ0n) is 20.6. The molecule has 0 bridgehead atoms. The van der Waals surface area contributed by atoms with Crippen LogP contribution in [0.3, 0.4) is 0 Å². The third-order valence-electron chi connectivity index (χ3n) is 7.31. The second-order valence-corrected chi connectivity index (χ2v) is 9.93. The number of carboxylic acid groups (broad SMARTS) is 1. The number of hydrogen-bond donors (Lipinski definition) is 2. The zero-order valence-corrected chi connectivity index (χ0v) is 20.6. The summed E-state index contributed by atoms with van der Waals surface area (Å²) in [7, 11) is 0. The molecule has 7 heteroatoms. The van der Waals surface area contributed by atoms with Crippen molar-refractivity contribution in [3.63, 3.8) is 0 Å². The van der Waals surface area contributed by atoms with E-state index in [9.17, 15) is 19.5 Å². The minimum absolute atomic E-state index is 0.0393. The molecule has 4 rings (SSSR count). The third-order valence-corrected chi connectivity index (χ3v) is 7.31. The second kappa shape index (κ2) is 10.5. The lowest BCUT2D eigenvalue weighted by molar-refractivity contribution is -0.156. The number of nitrogens with zero attached hydrogens (tertiary/aromatic N) is 1. The Hall–Kier alpha value is -3.35. The van der Waals surface area contributed by atoms with Gasteiger partial charge in [-0.1, -0.05) is 69.3 Å². The van der Waals surface area contributed by atoms with Crippen LogP contribution in [-0.2, 0) is 14.3 Å². The van der Waals surface area contributed by atoms with Gasteiger partial charge in [0.1, 0.15) is 12.6 Å². The number of carboxylic acids is 1. The molecule has 1 saturated heterocycles. The molecule has 0 radical (unpaired) electrons. The van der Waals surface area contributed by atoms with Crippen LogP contribution in [0.25, 0.3) is 11.1 Å². The molecule has 0 saturated carbocycles. The molecule has 0 aromatic heterocycles. The van der Waals surface area contributed by atoms with E-state index in [-0.39, 0.29) is 36.7 Å². The number of rotatable bonds is 7. The van der Waals surface area contributed by atoms with Gasteiger partial charge in [-0.2, -0.15) is 0 Å². The predicted molar refractivity (Wildman–Crippen MR) is 133 cm³/mol. The second-order valence-electron chi connectivity index (χ2n) is 9.93. The Morgan fingerprint density at radius 2 is 1.66 bits per heavy atom. The number of aliphatic carboxylic acids is 1.